The monoisotopic (exact) mass is 348 g/mol. The summed E-state index contributed by atoms with van der Waals surface area (Å²) in [6.45, 7) is 6.89. The van der Waals surface area contributed by atoms with Crippen LogP contribution in [-0.2, 0) is 19.5 Å². The Bertz CT molecular complexity index is 510. The molecule has 1 aliphatic heterocycles. The molecule has 134 valence electrons. The Hall–Kier alpha value is -0.860. The fraction of sp³-hybridized carbons (Fsp3) is 0.933. The Morgan fingerprint density at radius 1 is 1.35 bits per heavy atom. The van der Waals surface area contributed by atoms with Crippen molar-refractivity contribution in [2.75, 3.05) is 32.0 Å². The van der Waals surface area contributed by atoms with Gasteiger partial charge in [0.2, 0.25) is 10.0 Å². The molecule has 0 aromatic heterocycles. The van der Waals surface area contributed by atoms with Gasteiger partial charge in [-0.25, -0.2) is 17.9 Å². The van der Waals surface area contributed by atoms with E-state index in [-0.39, 0.29) is 12.3 Å². The molecule has 7 nitrogen and oxygen atoms in total. The smallest absolute Gasteiger partial charge is 0.410 e. The Morgan fingerprint density at radius 2 is 2.04 bits per heavy atom. The summed E-state index contributed by atoms with van der Waals surface area (Å²) in [5, 5.41) is 0. The number of amides is 1. The van der Waals surface area contributed by atoms with Gasteiger partial charge in [-0.3, -0.25) is 0 Å². The third-order valence-electron chi connectivity index (χ3n) is 4.01. The molecule has 0 spiro atoms. The van der Waals surface area contributed by atoms with E-state index in [0.717, 1.165) is 12.8 Å². The molecular weight excluding hydrogens is 320 g/mol. The highest BCUT2D eigenvalue weighted by Crippen LogP contribution is 2.25. The van der Waals surface area contributed by atoms with Gasteiger partial charge in [0.15, 0.2) is 0 Å². The van der Waals surface area contributed by atoms with Crippen molar-refractivity contribution in [3.8, 4) is 0 Å². The maximum Gasteiger partial charge on any atom is 0.410 e. The van der Waals surface area contributed by atoms with Crippen LogP contribution in [0.2, 0.25) is 0 Å². The first kappa shape index (κ1) is 18.5. The molecule has 1 saturated heterocycles. The van der Waals surface area contributed by atoms with Gasteiger partial charge in [-0.2, -0.15) is 0 Å². The molecule has 0 aromatic rings. The number of carbonyl (C=O) groups excluding carboxylic acids is 1. The van der Waals surface area contributed by atoms with Crippen molar-refractivity contribution in [3.05, 3.63) is 0 Å². The highest BCUT2D eigenvalue weighted by Gasteiger charge is 2.31. The lowest BCUT2D eigenvalue weighted by atomic mass is 9.86. The second-order valence-corrected chi connectivity index (χ2v) is 9.20. The van der Waals surface area contributed by atoms with Crippen LogP contribution in [0.5, 0.6) is 0 Å². The van der Waals surface area contributed by atoms with E-state index < -0.39 is 27.8 Å². The van der Waals surface area contributed by atoms with Crippen LogP contribution in [0.15, 0.2) is 0 Å². The lowest BCUT2D eigenvalue weighted by molar-refractivity contribution is -0.0343. The van der Waals surface area contributed by atoms with E-state index >= 15 is 0 Å². The standard InChI is InChI=1S/C15H28N2O5S/c1-15(2,3)22-14(18)17-7-8-21-13(10-17)11-23(19,20)16-9-12-5-4-6-12/h12-13,16H,4-11H2,1-3H3/t13-/m1/s1. The Morgan fingerprint density at radius 3 is 2.61 bits per heavy atom. The van der Waals surface area contributed by atoms with Crippen LogP contribution in [0.1, 0.15) is 40.0 Å². The number of nitrogens with zero attached hydrogens (tertiary/aromatic N) is 1. The van der Waals surface area contributed by atoms with Crippen LogP contribution in [-0.4, -0.2) is 63.1 Å². The van der Waals surface area contributed by atoms with Gasteiger partial charge in [0.1, 0.15) is 5.60 Å². The van der Waals surface area contributed by atoms with Crippen molar-refractivity contribution < 1.29 is 22.7 Å². The number of rotatable bonds is 5. The first-order valence-corrected chi connectivity index (χ1v) is 9.87. The van der Waals surface area contributed by atoms with Gasteiger partial charge < -0.3 is 14.4 Å². The number of hydrogen-bond donors (Lipinski definition) is 1. The van der Waals surface area contributed by atoms with Crippen LogP contribution in [0.25, 0.3) is 0 Å². The van der Waals surface area contributed by atoms with E-state index in [0.29, 0.717) is 25.6 Å². The topological polar surface area (TPSA) is 84.9 Å². The number of sulfonamides is 1. The molecule has 0 bridgehead atoms. The molecule has 0 aromatic carbocycles. The summed E-state index contributed by atoms with van der Waals surface area (Å²) in [6, 6.07) is 0. The molecule has 1 atom stereocenters. The maximum absolute atomic E-state index is 12.1. The van der Waals surface area contributed by atoms with Gasteiger partial charge in [-0.1, -0.05) is 6.42 Å². The van der Waals surface area contributed by atoms with Gasteiger partial charge in [0.25, 0.3) is 0 Å². The number of morpholine rings is 1. The normalized spacial score (nSPS) is 23.4. The third-order valence-corrected chi connectivity index (χ3v) is 5.43. The summed E-state index contributed by atoms with van der Waals surface area (Å²) < 4.78 is 37.7. The van der Waals surface area contributed by atoms with Crippen molar-refractivity contribution in [1.29, 1.82) is 0 Å². The van der Waals surface area contributed by atoms with Crippen LogP contribution >= 0.6 is 0 Å². The van der Waals surface area contributed by atoms with E-state index in [2.05, 4.69) is 4.72 Å². The average Bonchev–Trinajstić information content (AvgIpc) is 2.34. The van der Waals surface area contributed by atoms with Crippen molar-refractivity contribution in [1.82, 2.24) is 9.62 Å². The summed E-state index contributed by atoms with van der Waals surface area (Å²) in [7, 11) is -3.39. The zero-order valence-electron chi connectivity index (χ0n) is 14.2. The fourth-order valence-electron chi connectivity index (χ4n) is 2.56. The highest BCUT2D eigenvalue weighted by atomic mass is 32.2. The molecule has 2 aliphatic rings. The van der Waals surface area contributed by atoms with Crippen LogP contribution in [0.4, 0.5) is 4.79 Å². The third kappa shape index (κ3) is 6.27. The van der Waals surface area contributed by atoms with Crippen molar-refractivity contribution in [3.63, 3.8) is 0 Å². The Labute approximate surface area is 138 Å². The van der Waals surface area contributed by atoms with E-state index in [1.165, 1.54) is 11.3 Å². The van der Waals surface area contributed by atoms with Crippen molar-refractivity contribution in [2.24, 2.45) is 5.92 Å². The van der Waals surface area contributed by atoms with E-state index in [9.17, 15) is 13.2 Å². The fourth-order valence-corrected chi connectivity index (χ4v) is 3.86. The number of carbonyl (C=O) groups is 1. The first-order chi connectivity index (χ1) is 10.6. The average molecular weight is 348 g/mol. The maximum atomic E-state index is 12.1. The molecule has 1 saturated carbocycles. The second-order valence-electron chi connectivity index (χ2n) is 7.35. The van der Waals surface area contributed by atoms with Crippen molar-refractivity contribution in [2.45, 2.75) is 51.7 Å². The van der Waals surface area contributed by atoms with Gasteiger partial charge in [-0.15, -0.1) is 0 Å². The van der Waals surface area contributed by atoms with Crippen LogP contribution in [0, 0.1) is 5.92 Å². The minimum Gasteiger partial charge on any atom is -0.444 e. The molecule has 23 heavy (non-hydrogen) atoms. The van der Waals surface area contributed by atoms with Gasteiger partial charge in [0.05, 0.1) is 25.0 Å². The van der Waals surface area contributed by atoms with Crippen molar-refractivity contribution >= 4 is 16.1 Å². The molecular formula is C15H28N2O5S. The summed E-state index contributed by atoms with van der Waals surface area (Å²) in [5.41, 5.74) is -0.568. The quantitative estimate of drug-likeness (QED) is 0.810. The minimum absolute atomic E-state index is 0.126. The summed E-state index contributed by atoms with van der Waals surface area (Å²) in [6.07, 6.45) is 2.42. The number of hydrogen-bond acceptors (Lipinski definition) is 5. The second kappa shape index (κ2) is 7.36. The van der Waals surface area contributed by atoms with E-state index in [4.69, 9.17) is 9.47 Å². The lowest BCUT2D eigenvalue weighted by Gasteiger charge is -2.34. The van der Waals surface area contributed by atoms with Crippen LogP contribution < -0.4 is 4.72 Å². The summed E-state index contributed by atoms with van der Waals surface area (Å²) in [4.78, 5) is 13.6. The molecule has 1 heterocycles. The molecule has 2 rings (SSSR count). The lowest BCUT2D eigenvalue weighted by Crippen LogP contribution is -2.50. The van der Waals surface area contributed by atoms with Gasteiger partial charge in [-0.05, 0) is 39.5 Å². The predicted molar refractivity (Wildman–Crippen MR) is 86.7 cm³/mol. The van der Waals surface area contributed by atoms with Gasteiger partial charge in [0, 0.05) is 13.1 Å². The summed E-state index contributed by atoms with van der Waals surface area (Å²) >= 11 is 0. The van der Waals surface area contributed by atoms with E-state index in [1.807, 2.05) is 0 Å². The largest absolute Gasteiger partial charge is 0.444 e. The number of ether oxygens (including phenoxy) is 2. The van der Waals surface area contributed by atoms with Crippen LogP contribution in [0.3, 0.4) is 0 Å². The highest BCUT2D eigenvalue weighted by molar-refractivity contribution is 7.89. The van der Waals surface area contributed by atoms with Gasteiger partial charge >= 0.3 is 6.09 Å². The molecule has 0 radical (unpaired) electrons. The Kier molecular flexibility index (Phi) is 5.91. The molecule has 0 unspecified atom stereocenters. The molecule has 8 heteroatoms. The predicted octanol–water partition coefficient (Wildman–Crippen LogP) is 1.34. The molecule has 1 amide bonds. The van der Waals surface area contributed by atoms with E-state index in [1.54, 1.807) is 20.8 Å². The zero-order valence-corrected chi connectivity index (χ0v) is 15.0. The summed E-state index contributed by atoms with van der Waals surface area (Å²) in [5.74, 6) is 0.342. The Balaban J connectivity index is 1.81. The SMILES string of the molecule is CC(C)(C)OC(=O)N1CCO[C@@H](CS(=O)(=O)NCC2CCC2)C1. The molecule has 1 aliphatic carbocycles. The molecule has 2 fully saturated rings. The first-order valence-electron chi connectivity index (χ1n) is 8.21. The molecule has 1 N–H and O–H groups in total. The zero-order chi connectivity index (χ0) is 17.1. The minimum atomic E-state index is -3.39. The number of nitrogens with one attached hydrogen (secondary N) is 1.